The van der Waals surface area contributed by atoms with Crippen molar-refractivity contribution in [3.63, 3.8) is 0 Å². The molecule has 0 saturated heterocycles. The number of carboxylic acid groups (broad SMARTS) is 1. The Bertz CT molecular complexity index is 915. The molecule has 102 valence electrons. The number of aromatic amines is 2. The van der Waals surface area contributed by atoms with E-state index in [1.807, 2.05) is 0 Å². The van der Waals surface area contributed by atoms with Gasteiger partial charge in [-0.2, -0.15) is 0 Å². The van der Waals surface area contributed by atoms with Gasteiger partial charge >= 0.3 is 16.5 Å². The molecule has 0 fully saturated rings. The van der Waals surface area contributed by atoms with E-state index in [-0.39, 0.29) is 22.7 Å². The van der Waals surface area contributed by atoms with Crippen LogP contribution in [0.25, 0.3) is 11.0 Å². The molecule has 0 unspecified atom stereocenters. The smallest absolute Gasteiger partial charge is 0.335 e. The number of H-pyrrole nitrogens is 2. The van der Waals surface area contributed by atoms with Crippen molar-refractivity contribution in [2.45, 2.75) is 6.54 Å². The van der Waals surface area contributed by atoms with Gasteiger partial charge in [-0.05, 0) is 18.2 Å². The van der Waals surface area contributed by atoms with E-state index in [1.165, 1.54) is 16.7 Å². The Morgan fingerprint density at radius 2 is 2.10 bits per heavy atom. The standard InChI is InChI=1S/C12H9N3O4S/c16-10(17)6-1-2-8-9(3-6)15(11(18)14-8)4-7-5-20-12(19)13-7/h1-3,5H,4H2,(H,13,19)(H,14,18)(H,16,17). The monoisotopic (exact) mass is 291 g/mol. The first-order valence-electron chi connectivity index (χ1n) is 5.67. The van der Waals surface area contributed by atoms with Crippen molar-refractivity contribution < 1.29 is 9.90 Å². The lowest BCUT2D eigenvalue weighted by Gasteiger charge is -2.01. The average Bonchev–Trinajstić information content (AvgIpc) is 2.94. The van der Waals surface area contributed by atoms with Crippen LogP contribution in [-0.4, -0.2) is 25.6 Å². The summed E-state index contributed by atoms with van der Waals surface area (Å²) >= 11 is 1.01. The first-order valence-corrected chi connectivity index (χ1v) is 6.55. The van der Waals surface area contributed by atoms with Gasteiger partial charge in [-0.25, -0.2) is 9.59 Å². The lowest BCUT2D eigenvalue weighted by atomic mass is 10.2. The zero-order valence-electron chi connectivity index (χ0n) is 10.0. The number of thiazole rings is 1. The largest absolute Gasteiger partial charge is 0.478 e. The van der Waals surface area contributed by atoms with E-state index in [9.17, 15) is 14.4 Å². The van der Waals surface area contributed by atoms with E-state index in [0.717, 1.165) is 11.3 Å². The van der Waals surface area contributed by atoms with Gasteiger partial charge in [-0.15, -0.1) is 0 Å². The highest BCUT2D eigenvalue weighted by Crippen LogP contribution is 2.14. The molecule has 0 radical (unpaired) electrons. The molecule has 3 aromatic rings. The molecule has 2 heterocycles. The molecule has 3 rings (SSSR count). The number of fused-ring (bicyclic) bond motifs is 1. The number of hydrogen-bond donors (Lipinski definition) is 3. The van der Waals surface area contributed by atoms with Crippen molar-refractivity contribution >= 4 is 28.3 Å². The van der Waals surface area contributed by atoms with Gasteiger partial charge in [-0.3, -0.25) is 9.36 Å². The Labute approximate surface area is 115 Å². The summed E-state index contributed by atoms with van der Waals surface area (Å²) in [6.07, 6.45) is 0. The fraction of sp³-hybridized carbons (Fsp3) is 0.0833. The van der Waals surface area contributed by atoms with Crippen LogP contribution in [0.2, 0.25) is 0 Å². The number of carboxylic acids is 1. The van der Waals surface area contributed by atoms with Crippen LogP contribution >= 0.6 is 11.3 Å². The Morgan fingerprint density at radius 1 is 1.30 bits per heavy atom. The van der Waals surface area contributed by atoms with E-state index >= 15 is 0 Å². The van der Waals surface area contributed by atoms with Crippen LogP contribution in [0.1, 0.15) is 16.1 Å². The van der Waals surface area contributed by atoms with E-state index in [2.05, 4.69) is 9.97 Å². The van der Waals surface area contributed by atoms with Crippen LogP contribution in [0.15, 0.2) is 33.2 Å². The molecular weight excluding hydrogens is 282 g/mol. The molecule has 0 atom stereocenters. The SMILES string of the molecule is O=C(O)c1ccc2[nH]c(=O)n(Cc3csc(=O)[nH]3)c2c1. The lowest BCUT2D eigenvalue weighted by molar-refractivity contribution is 0.0697. The highest BCUT2D eigenvalue weighted by atomic mass is 32.1. The second kappa shape index (κ2) is 4.49. The fourth-order valence-corrected chi connectivity index (χ4v) is 2.58. The van der Waals surface area contributed by atoms with E-state index in [0.29, 0.717) is 16.7 Å². The highest BCUT2D eigenvalue weighted by Gasteiger charge is 2.11. The van der Waals surface area contributed by atoms with Crippen LogP contribution < -0.4 is 10.6 Å². The van der Waals surface area contributed by atoms with E-state index < -0.39 is 5.97 Å². The molecule has 0 aliphatic rings. The Balaban J connectivity index is 2.15. The van der Waals surface area contributed by atoms with Crippen LogP contribution in [0.5, 0.6) is 0 Å². The maximum absolute atomic E-state index is 11.9. The maximum atomic E-state index is 11.9. The molecule has 0 aliphatic carbocycles. The number of imidazole rings is 1. The Morgan fingerprint density at radius 3 is 2.75 bits per heavy atom. The molecule has 2 aromatic heterocycles. The summed E-state index contributed by atoms with van der Waals surface area (Å²) in [5.74, 6) is -1.06. The van der Waals surface area contributed by atoms with Crippen molar-refractivity contribution in [3.05, 3.63) is 55.0 Å². The predicted octanol–water partition coefficient (Wildman–Crippen LogP) is 0.826. The molecule has 8 heteroatoms. The third-order valence-corrected chi connectivity index (χ3v) is 3.64. The number of hydrogen-bond acceptors (Lipinski definition) is 4. The average molecular weight is 291 g/mol. The summed E-state index contributed by atoms with van der Waals surface area (Å²) in [6, 6.07) is 4.41. The third kappa shape index (κ3) is 2.05. The van der Waals surface area contributed by atoms with E-state index in [4.69, 9.17) is 5.11 Å². The van der Waals surface area contributed by atoms with Gasteiger partial charge in [-0.1, -0.05) is 11.3 Å². The van der Waals surface area contributed by atoms with Gasteiger partial charge in [0, 0.05) is 11.1 Å². The number of nitrogens with one attached hydrogen (secondary N) is 2. The first kappa shape index (κ1) is 12.4. The summed E-state index contributed by atoms with van der Waals surface area (Å²) in [7, 11) is 0. The second-order valence-electron chi connectivity index (χ2n) is 4.23. The minimum absolute atomic E-state index is 0.101. The van der Waals surface area contributed by atoms with Crippen LogP contribution in [0.4, 0.5) is 0 Å². The van der Waals surface area contributed by atoms with Crippen molar-refractivity contribution in [1.82, 2.24) is 14.5 Å². The molecular formula is C12H9N3O4S. The minimum Gasteiger partial charge on any atom is -0.478 e. The predicted molar refractivity (Wildman–Crippen MR) is 73.6 cm³/mol. The quantitative estimate of drug-likeness (QED) is 0.664. The molecule has 7 nitrogen and oxygen atoms in total. The van der Waals surface area contributed by atoms with Gasteiger partial charge in [0.05, 0.1) is 23.1 Å². The normalized spacial score (nSPS) is 11.0. The van der Waals surface area contributed by atoms with Crippen molar-refractivity contribution in [3.8, 4) is 0 Å². The van der Waals surface area contributed by atoms with Crippen LogP contribution in [-0.2, 0) is 6.54 Å². The summed E-state index contributed by atoms with van der Waals surface area (Å²) in [4.78, 5) is 39.1. The van der Waals surface area contributed by atoms with Crippen molar-refractivity contribution in [2.24, 2.45) is 0 Å². The van der Waals surface area contributed by atoms with E-state index in [1.54, 1.807) is 11.4 Å². The van der Waals surface area contributed by atoms with Crippen LogP contribution in [0.3, 0.4) is 0 Å². The first-order chi connectivity index (χ1) is 9.54. The summed E-state index contributed by atoms with van der Waals surface area (Å²) in [6.45, 7) is 0.181. The number of nitrogens with zero attached hydrogens (tertiary/aromatic N) is 1. The number of carbonyl (C=O) groups is 1. The molecule has 0 amide bonds. The summed E-state index contributed by atoms with van der Waals surface area (Å²) < 4.78 is 1.39. The molecule has 3 N–H and O–H groups in total. The highest BCUT2D eigenvalue weighted by molar-refractivity contribution is 7.07. The maximum Gasteiger partial charge on any atom is 0.335 e. The molecule has 0 saturated carbocycles. The van der Waals surface area contributed by atoms with Crippen LogP contribution in [0, 0.1) is 0 Å². The van der Waals surface area contributed by atoms with Gasteiger partial charge in [0.25, 0.3) is 0 Å². The van der Waals surface area contributed by atoms with Crippen molar-refractivity contribution in [1.29, 1.82) is 0 Å². The lowest BCUT2D eigenvalue weighted by Crippen LogP contribution is -2.18. The Hall–Kier alpha value is -2.61. The number of benzene rings is 1. The summed E-state index contributed by atoms with van der Waals surface area (Å²) in [5.41, 5.74) is 1.39. The number of aromatic carboxylic acids is 1. The van der Waals surface area contributed by atoms with Gasteiger partial charge in [0.15, 0.2) is 0 Å². The second-order valence-corrected chi connectivity index (χ2v) is 5.07. The van der Waals surface area contributed by atoms with Gasteiger partial charge < -0.3 is 15.1 Å². The minimum atomic E-state index is -1.06. The molecule has 1 aromatic carbocycles. The topological polar surface area (TPSA) is 108 Å². The Kier molecular flexibility index (Phi) is 2.79. The van der Waals surface area contributed by atoms with Gasteiger partial charge in [0.1, 0.15) is 0 Å². The number of rotatable bonds is 3. The molecule has 20 heavy (non-hydrogen) atoms. The summed E-state index contributed by atoms with van der Waals surface area (Å²) in [5, 5.41) is 10.6. The zero-order chi connectivity index (χ0) is 14.3. The zero-order valence-corrected chi connectivity index (χ0v) is 10.9. The molecule has 0 aliphatic heterocycles. The third-order valence-electron chi connectivity index (χ3n) is 2.92. The van der Waals surface area contributed by atoms with Crippen molar-refractivity contribution in [2.75, 3.05) is 0 Å². The fourth-order valence-electron chi connectivity index (χ4n) is 2.00. The number of aromatic nitrogens is 3. The molecule has 0 bridgehead atoms. The molecule has 0 spiro atoms. The van der Waals surface area contributed by atoms with Gasteiger partial charge in [0.2, 0.25) is 0 Å².